The predicted octanol–water partition coefficient (Wildman–Crippen LogP) is 4.80. The molecule has 18 heavy (non-hydrogen) atoms. The van der Waals surface area contributed by atoms with Gasteiger partial charge in [-0.3, -0.25) is 0 Å². The van der Waals surface area contributed by atoms with Gasteiger partial charge in [-0.1, -0.05) is 48.8 Å². The lowest BCUT2D eigenvalue weighted by Crippen LogP contribution is -1.94. The molecule has 0 N–H and O–H groups in total. The van der Waals surface area contributed by atoms with E-state index in [1.165, 1.54) is 0 Å². The van der Waals surface area contributed by atoms with Gasteiger partial charge in [0.15, 0.2) is 6.33 Å². The average Bonchev–Trinajstić information content (AvgIpc) is 2.59. The van der Waals surface area contributed by atoms with Gasteiger partial charge in [0.05, 0.1) is 5.69 Å². The van der Waals surface area contributed by atoms with Crippen LogP contribution in [0.3, 0.4) is 0 Å². The second-order valence-electron chi connectivity index (χ2n) is 4.32. The summed E-state index contributed by atoms with van der Waals surface area (Å²) in [7, 11) is 1.94. The van der Waals surface area contributed by atoms with Crippen molar-refractivity contribution in [2.75, 3.05) is 0 Å². The van der Waals surface area contributed by atoms with E-state index in [1.54, 1.807) is 17.8 Å². The largest absolute Gasteiger partial charge is 0.319 e. The molecule has 0 aliphatic heterocycles. The summed E-state index contributed by atoms with van der Waals surface area (Å²) in [4.78, 5) is 5.31. The molecule has 0 spiro atoms. The smallest absolute Gasteiger partial charge is 0.177 e. The monoisotopic (exact) mass is 299 g/mol. The third kappa shape index (κ3) is 3.02. The highest BCUT2D eigenvalue weighted by Crippen LogP contribution is 2.35. The van der Waals surface area contributed by atoms with Crippen molar-refractivity contribution >= 4 is 35.0 Å². The van der Waals surface area contributed by atoms with E-state index in [4.69, 9.17) is 23.2 Å². The minimum absolute atomic E-state index is 0.361. The fraction of sp³-hybridized carbons (Fsp3) is 0.308. The van der Waals surface area contributed by atoms with E-state index in [-0.39, 0.29) is 0 Å². The van der Waals surface area contributed by atoms with E-state index < -0.39 is 0 Å². The van der Waals surface area contributed by atoms with Crippen LogP contribution < -0.4 is 0 Å². The van der Waals surface area contributed by atoms with Crippen LogP contribution in [0.15, 0.2) is 28.1 Å². The molecule has 0 aliphatic rings. The van der Waals surface area contributed by atoms with Gasteiger partial charge >= 0.3 is 0 Å². The van der Waals surface area contributed by atoms with Gasteiger partial charge in [-0.15, -0.1) is 0 Å². The Morgan fingerprint density at radius 1 is 1.22 bits per heavy atom. The number of hydrogen-bond donors (Lipinski definition) is 0. The van der Waals surface area contributed by atoms with Crippen LogP contribution in [0, 0.1) is 6.33 Å². The number of aryl methyl sites for hydroxylation is 1. The zero-order chi connectivity index (χ0) is 13.3. The zero-order valence-corrected chi connectivity index (χ0v) is 12.7. The number of rotatable bonds is 3. The van der Waals surface area contributed by atoms with Crippen molar-refractivity contribution in [2.24, 2.45) is 7.05 Å². The third-order valence-electron chi connectivity index (χ3n) is 2.44. The van der Waals surface area contributed by atoms with Crippen molar-refractivity contribution in [2.45, 2.75) is 29.7 Å². The van der Waals surface area contributed by atoms with E-state index >= 15 is 0 Å². The van der Waals surface area contributed by atoms with Crippen LogP contribution in [0.25, 0.3) is 0 Å². The molecular weight excluding hydrogens is 287 g/mol. The summed E-state index contributed by atoms with van der Waals surface area (Å²) in [6.45, 7) is 4.23. The fourth-order valence-electron chi connectivity index (χ4n) is 1.59. The molecular formula is C13H13Cl2N2S. The average molecular weight is 300 g/mol. The van der Waals surface area contributed by atoms with Crippen molar-refractivity contribution < 1.29 is 0 Å². The molecule has 95 valence electrons. The summed E-state index contributed by atoms with van der Waals surface area (Å²) in [6, 6.07) is 5.52. The first-order chi connectivity index (χ1) is 8.47. The predicted molar refractivity (Wildman–Crippen MR) is 76.7 cm³/mol. The van der Waals surface area contributed by atoms with Gasteiger partial charge in [0.2, 0.25) is 0 Å². The SMILES string of the molecule is CC(C)c1n[c]n(C)c1Sc1cc(Cl)cc(Cl)c1. The van der Waals surface area contributed by atoms with Crippen LogP contribution in [0.4, 0.5) is 0 Å². The van der Waals surface area contributed by atoms with Gasteiger partial charge in [0.25, 0.3) is 0 Å². The van der Waals surface area contributed by atoms with E-state index in [2.05, 4.69) is 25.2 Å². The lowest BCUT2D eigenvalue weighted by Gasteiger charge is -2.08. The molecule has 0 saturated heterocycles. The normalized spacial score (nSPS) is 11.2. The van der Waals surface area contributed by atoms with Gasteiger partial charge in [-0.25, -0.2) is 4.98 Å². The third-order valence-corrected chi connectivity index (χ3v) is 4.03. The molecule has 0 atom stereocenters. The van der Waals surface area contributed by atoms with E-state index in [9.17, 15) is 0 Å². The number of nitrogens with zero attached hydrogens (tertiary/aromatic N) is 2. The Morgan fingerprint density at radius 3 is 2.39 bits per heavy atom. The molecule has 1 aromatic heterocycles. The lowest BCUT2D eigenvalue weighted by atomic mass is 10.2. The van der Waals surface area contributed by atoms with Gasteiger partial charge in [0, 0.05) is 22.0 Å². The van der Waals surface area contributed by atoms with Crippen LogP contribution >= 0.6 is 35.0 Å². The quantitative estimate of drug-likeness (QED) is 0.810. The van der Waals surface area contributed by atoms with Crippen LogP contribution in [0.2, 0.25) is 10.0 Å². The van der Waals surface area contributed by atoms with Crippen LogP contribution in [-0.4, -0.2) is 9.55 Å². The molecule has 2 aromatic rings. The van der Waals surface area contributed by atoms with Crippen molar-refractivity contribution in [3.63, 3.8) is 0 Å². The minimum atomic E-state index is 0.361. The summed E-state index contributed by atoms with van der Waals surface area (Å²) < 4.78 is 1.90. The molecule has 0 unspecified atom stereocenters. The zero-order valence-electron chi connectivity index (χ0n) is 10.4. The highest BCUT2D eigenvalue weighted by atomic mass is 35.5. The van der Waals surface area contributed by atoms with Gasteiger partial charge in [-0.05, 0) is 24.1 Å². The summed E-state index contributed by atoms with van der Waals surface area (Å²) >= 11 is 13.6. The van der Waals surface area contributed by atoms with Crippen LogP contribution in [0.5, 0.6) is 0 Å². The summed E-state index contributed by atoms with van der Waals surface area (Å²) in [5, 5.41) is 2.35. The Kier molecular flexibility index (Phi) is 4.25. The molecule has 0 aliphatic carbocycles. The Labute approximate surface area is 121 Å². The number of halogens is 2. The van der Waals surface area contributed by atoms with Crippen molar-refractivity contribution in [3.05, 3.63) is 40.3 Å². The maximum absolute atomic E-state index is 6.00. The fourth-order valence-corrected chi connectivity index (χ4v) is 3.40. The van der Waals surface area contributed by atoms with Crippen molar-refractivity contribution in [3.8, 4) is 0 Å². The summed E-state index contributed by atoms with van der Waals surface area (Å²) in [5.74, 6) is 0.361. The molecule has 1 aromatic carbocycles. The van der Waals surface area contributed by atoms with Crippen molar-refractivity contribution in [1.82, 2.24) is 9.55 Å². The molecule has 5 heteroatoms. The van der Waals surface area contributed by atoms with Gasteiger partial charge < -0.3 is 4.57 Å². The Morgan fingerprint density at radius 2 is 1.83 bits per heavy atom. The summed E-state index contributed by atoms with van der Waals surface area (Å²) in [6.07, 6.45) is 2.95. The number of hydrogen-bond acceptors (Lipinski definition) is 2. The van der Waals surface area contributed by atoms with E-state index in [0.717, 1.165) is 15.6 Å². The number of imidazole rings is 1. The highest BCUT2D eigenvalue weighted by molar-refractivity contribution is 7.99. The molecule has 2 nitrogen and oxygen atoms in total. The number of benzene rings is 1. The maximum Gasteiger partial charge on any atom is 0.177 e. The Balaban J connectivity index is 2.36. The summed E-state index contributed by atoms with van der Waals surface area (Å²) in [5.41, 5.74) is 1.04. The molecule has 1 radical (unpaired) electrons. The standard InChI is InChI=1S/C13H13Cl2N2S/c1-8(2)12-13(17(3)7-16-12)18-11-5-9(14)4-10(15)6-11/h4-6,8H,1-3H3. The maximum atomic E-state index is 6.00. The van der Waals surface area contributed by atoms with Crippen LogP contribution in [-0.2, 0) is 7.05 Å². The van der Waals surface area contributed by atoms with Gasteiger partial charge in [-0.2, -0.15) is 0 Å². The molecule has 1 heterocycles. The van der Waals surface area contributed by atoms with E-state index in [1.807, 2.05) is 23.7 Å². The van der Waals surface area contributed by atoms with Crippen molar-refractivity contribution in [1.29, 1.82) is 0 Å². The van der Waals surface area contributed by atoms with Crippen LogP contribution in [0.1, 0.15) is 25.5 Å². The molecule has 0 saturated carbocycles. The molecule has 0 amide bonds. The molecule has 2 rings (SSSR count). The first-order valence-corrected chi connectivity index (χ1v) is 7.13. The Bertz CT molecular complexity index is 544. The topological polar surface area (TPSA) is 17.8 Å². The highest BCUT2D eigenvalue weighted by Gasteiger charge is 2.14. The first-order valence-electron chi connectivity index (χ1n) is 5.55. The Hall–Kier alpha value is -0.640. The second kappa shape index (κ2) is 5.55. The molecule has 0 fully saturated rings. The first kappa shape index (κ1) is 13.8. The minimum Gasteiger partial charge on any atom is -0.319 e. The van der Waals surface area contributed by atoms with Gasteiger partial charge in [0.1, 0.15) is 5.03 Å². The lowest BCUT2D eigenvalue weighted by molar-refractivity contribution is 0.763. The second-order valence-corrected chi connectivity index (χ2v) is 6.26. The number of aromatic nitrogens is 2. The molecule has 0 bridgehead atoms. The van der Waals surface area contributed by atoms with E-state index in [0.29, 0.717) is 16.0 Å².